The molecule has 0 spiro atoms. The van der Waals surface area contributed by atoms with Crippen molar-refractivity contribution in [1.82, 2.24) is 25.1 Å². The standard InChI is InChI=1S/C7H3BrF3N5/c8-3-1-12-4(13-2-3)5-14-6(16-15-5)7(9,10)11/h1-2H,(H,14,15,16). The van der Waals surface area contributed by atoms with Crippen LogP contribution in [0.1, 0.15) is 5.82 Å². The van der Waals surface area contributed by atoms with Crippen molar-refractivity contribution < 1.29 is 13.2 Å². The molecule has 2 aromatic rings. The Morgan fingerprint density at radius 1 is 1.12 bits per heavy atom. The van der Waals surface area contributed by atoms with Gasteiger partial charge < -0.3 is 0 Å². The number of hydrogen-bond donors (Lipinski definition) is 1. The molecule has 5 nitrogen and oxygen atoms in total. The third kappa shape index (κ3) is 2.18. The quantitative estimate of drug-likeness (QED) is 0.874. The fourth-order valence-electron chi connectivity index (χ4n) is 0.916. The molecule has 0 saturated carbocycles. The van der Waals surface area contributed by atoms with E-state index in [9.17, 15) is 13.2 Å². The van der Waals surface area contributed by atoms with E-state index in [2.05, 4.69) is 36.0 Å². The van der Waals surface area contributed by atoms with E-state index in [0.717, 1.165) is 0 Å². The van der Waals surface area contributed by atoms with Gasteiger partial charge in [-0.3, -0.25) is 5.10 Å². The zero-order valence-corrected chi connectivity index (χ0v) is 9.04. The molecule has 0 unspecified atom stereocenters. The van der Waals surface area contributed by atoms with E-state index in [4.69, 9.17) is 0 Å². The van der Waals surface area contributed by atoms with Gasteiger partial charge in [-0.05, 0) is 15.9 Å². The lowest BCUT2D eigenvalue weighted by molar-refractivity contribution is -0.144. The van der Waals surface area contributed by atoms with Crippen LogP contribution in [0.15, 0.2) is 16.9 Å². The first-order valence-corrected chi connectivity index (χ1v) is 4.73. The van der Waals surface area contributed by atoms with Crippen molar-refractivity contribution in [1.29, 1.82) is 0 Å². The van der Waals surface area contributed by atoms with Gasteiger partial charge in [0.15, 0.2) is 5.82 Å². The predicted molar refractivity (Wildman–Crippen MR) is 50.1 cm³/mol. The summed E-state index contributed by atoms with van der Waals surface area (Å²) in [5.74, 6) is -1.34. The predicted octanol–water partition coefficient (Wildman–Crippen LogP) is 2.04. The van der Waals surface area contributed by atoms with Crippen LogP contribution in [0.2, 0.25) is 0 Å². The van der Waals surface area contributed by atoms with Crippen LogP contribution in [0.25, 0.3) is 11.6 Å². The highest BCUT2D eigenvalue weighted by atomic mass is 79.9. The summed E-state index contributed by atoms with van der Waals surface area (Å²) in [7, 11) is 0. The molecule has 0 saturated heterocycles. The number of H-pyrrole nitrogens is 1. The van der Waals surface area contributed by atoms with E-state index >= 15 is 0 Å². The Morgan fingerprint density at radius 3 is 2.25 bits per heavy atom. The second-order valence-corrected chi connectivity index (χ2v) is 3.65. The van der Waals surface area contributed by atoms with Crippen molar-refractivity contribution in [2.24, 2.45) is 0 Å². The Balaban J connectivity index is 2.35. The fourth-order valence-corrected chi connectivity index (χ4v) is 1.12. The van der Waals surface area contributed by atoms with E-state index < -0.39 is 12.0 Å². The molecule has 0 bridgehead atoms. The number of rotatable bonds is 1. The van der Waals surface area contributed by atoms with Gasteiger partial charge in [0, 0.05) is 12.4 Å². The molecule has 2 aromatic heterocycles. The van der Waals surface area contributed by atoms with Gasteiger partial charge in [0.25, 0.3) is 0 Å². The van der Waals surface area contributed by atoms with E-state index in [-0.39, 0.29) is 11.6 Å². The monoisotopic (exact) mass is 293 g/mol. The van der Waals surface area contributed by atoms with Crippen molar-refractivity contribution in [2.75, 3.05) is 0 Å². The number of nitrogens with zero attached hydrogens (tertiary/aromatic N) is 4. The van der Waals surface area contributed by atoms with Crippen molar-refractivity contribution in [3.8, 4) is 11.6 Å². The molecule has 84 valence electrons. The lowest BCUT2D eigenvalue weighted by Crippen LogP contribution is -2.07. The molecule has 0 aliphatic heterocycles. The van der Waals surface area contributed by atoms with Gasteiger partial charge in [0.2, 0.25) is 11.6 Å². The van der Waals surface area contributed by atoms with Crippen molar-refractivity contribution in [3.05, 3.63) is 22.7 Å². The van der Waals surface area contributed by atoms with E-state index in [1.807, 2.05) is 0 Å². The summed E-state index contributed by atoms with van der Waals surface area (Å²) in [6.45, 7) is 0. The molecule has 1 N–H and O–H groups in total. The Hall–Kier alpha value is -1.51. The maximum atomic E-state index is 12.2. The van der Waals surface area contributed by atoms with Gasteiger partial charge in [0.1, 0.15) is 0 Å². The maximum Gasteiger partial charge on any atom is 0.451 e. The maximum absolute atomic E-state index is 12.2. The Kier molecular flexibility index (Phi) is 2.62. The Bertz CT molecular complexity index is 491. The number of nitrogens with one attached hydrogen (secondary N) is 1. The molecular formula is C7H3BrF3N5. The molecular weight excluding hydrogens is 291 g/mol. The molecule has 0 aliphatic carbocycles. The smallest absolute Gasteiger partial charge is 0.255 e. The summed E-state index contributed by atoms with van der Waals surface area (Å²) in [5.41, 5.74) is 0. The zero-order valence-electron chi connectivity index (χ0n) is 7.46. The number of alkyl halides is 3. The van der Waals surface area contributed by atoms with E-state index in [1.165, 1.54) is 12.4 Å². The minimum absolute atomic E-state index is 0.0231. The topological polar surface area (TPSA) is 67.3 Å². The lowest BCUT2D eigenvalue weighted by Gasteiger charge is -1.98. The molecule has 0 aromatic carbocycles. The second-order valence-electron chi connectivity index (χ2n) is 2.73. The highest BCUT2D eigenvalue weighted by Gasteiger charge is 2.35. The first-order chi connectivity index (χ1) is 7.47. The van der Waals surface area contributed by atoms with Crippen LogP contribution in [0.5, 0.6) is 0 Å². The van der Waals surface area contributed by atoms with Crippen LogP contribution in [-0.2, 0) is 6.18 Å². The van der Waals surface area contributed by atoms with Crippen LogP contribution in [0, 0.1) is 0 Å². The Morgan fingerprint density at radius 2 is 1.75 bits per heavy atom. The molecule has 0 fully saturated rings. The van der Waals surface area contributed by atoms with Crippen molar-refractivity contribution >= 4 is 15.9 Å². The fraction of sp³-hybridized carbons (Fsp3) is 0.143. The lowest BCUT2D eigenvalue weighted by atomic mass is 10.5. The van der Waals surface area contributed by atoms with Crippen molar-refractivity contribution in [2.45, 2.75) is 6.18 Å². The summed E-state index contributed by atoms with van der Waals surface area (Å²) < 4.78 is 37.2. The van der Waals surface area contributed by atoms with Crippen LogP contribution < -0.4 is 0 Å². The second kappa shape index (κ2) is 3.81. The number of aromatic nitrogens is 5. The third-order valence-electron chi connectivity index (χ3n) is 1.57. The average molecular weight is 294 g/mol. The van der Waals surface area contributed by atoms with Crippen molar-refractivity contribution in [3.63, 3.8) is 0 Å². The van der Waals surface area contributed by atoms with E-state index in [1.54, 1.807) is 5.10 Å². The highest BCUT2D eigenvalue weighted by molar-refractivity contribution is 9.10. The van der Waals surface area contributed by atoms with Crippen LogP contribution >= 0.6 is 15.9 Å². The number of hydrogen-bond acceptors (Lipinski definition) is 4. The van der Waals surface area contributed by atoms with Crippen LogP contribution in [-0.4, -0.2) is 25.1 Å². The van der Waals surface area contributed by atoms with Crippen LogP contribution in [0.3, 0.4) is 0 Å². The first kappa shape index (κ1) is 11.0. The van der Waals surface area contributed by atoms with Gasteiger partial charge in [-0.15, -0.1) is 5.10 Å². The minimum atomic E-state index is -4.55. The largest absolute Gasteiger partial charge is 0.451 e. The van der Waals surface area contributed by atoms with E-state index in [0.29, 0.717) is 4.47 Å². The zero-order chi connectivity index (χ0) is 11.8. The molecule has 2 rings (SSSR count). The number of halogens is 4. The molecule has 9 heteroatoms. The third-order valence-corrected chi connectivity index (χ3v) is 1.98. The summed E-state index contributed by atoms with van der Waals surface area (Å²) in [6, 6.07) is 0. The molecule has 0 atom stereocenters. The normalized spacial score (nSPS) is 11.8. The van der Waals surface area contributed by atoms with Gasteiger partial charge in [-0.25, -0.2) is 15.0 Å². The Labute approximate surface area is 95.3 Å². The first-order valence-electron chi connectivity index (χ1n) is 3.94. The highest BCUT2D eigenvalue weighted by Crippen LogP contribution is 2.26. The summed E-state index contributed by atoms with van der Waals surface area (Å²) in [5, 5.41) is 5.17. The number of aromatic amines is 1. The van der Waals surface area contributed by atoms with Gasteiger partial charge in [-0.1, -0.05) is 0 Å². The summed E-state index contributed by atoms with van der Waals surface area (Å²) >= 11 is 3.10. The molecule has 0 aliphatic rings. The SMILES string of the molecule is FC(F)(F)c1nc(-c2ncc(Br)cn2)n[nH]1. The van der Waals surface area contributed by atoms with Gasteiger partial charge in [0.05, 0.1) is 4.47 Å². The molecule has 0 radical (unpaired) electrons. The van der Waals surface area contributed by atoms with Gasteiger partial charge >= 0.3 is 6.18 Å². The summed E-state index contributed by atoms with van der Waals surface area (Å²) in [4.78, 5) is 10.8. The molecule has 2 heterocycles. The van der Waals surface area contributed by atoms with Crippen LogP contribution in [0.4, 0.5) is 13.2 Å². The molecule has 0 amide bonds. The van der Waals surface area contributed by atoms with Gasteiger partial charge in [-0.2, -0.15) is 13.2 Å². The average Bonchev–Trinajstić information content (AvgIpc) is 2.67. The molecule has 16 heavy (non-hydrogen) atoms. The minimum Gasteiger partial charge on any atom is -0.255 e. The summed E-state index contributed by atoms with van der Waals surface area (Å²) in [6.07, 6.45) is -1.77.